The molecular weight excluding hydrogens is 314 g/mol. The van der Waals surface area contributed by atoms with Crippen LogP contribution in [-0.2, 0) is 20.8 Å². The van der Waals surface area contributed by atoms with Gasteiger partial charge in [0.1, 0.15) is 12.6 Å². The van der Waals surface area contributed by atoms with E-state index in [-0.39, 0.29) is 24.3 Å². The Kier molecular flexibility index (Phi) is 4.76. The van der Waals surface area contributed by atoms with Gasteiger partial charge < -0.3 is 14.0 Å². The smallest absolute Gasteiger partial charge is 0.326 e. The van der Waals surface area contributed by atoms with Crippen molar-refractivity contribution in [2.75, 3.05) is 7.11 Å². The third-order valence-electron chi connectivity index (χ3n) is 3.22. The highest BCUT2D eigenvalue weighted by Gasteiger charge is 2.30. The van der Waals surface area contributed by atoms with Gasteiger partial charge in [0.05, 0.1) is 6.10 Å². The largest absolute Gasteiger partial charge is 0.458 e. The van der Waals surface area contributed by atoms with E-state index >= 15 is 0 Å². The number of pyridine rings is 1. The highest BCUT2D eigenvalue weighted by molar-refractivity contribution is 9.10. The Bertz CT molecular complexity index is 514. The third kappa shape index (κ3) is 3.67. The minimum absolute atomic E-state index is 0.0248. The Morgan fingerprint density at radius 2 is 2.16 bits per heavy atom. The van der Waals surface area contributed by atoms with Crippen LogP contribution in [0.15, 0.2) is 27.6 Å². The highest BCUT2D eigenvalue weighted by Crippen LogP contribution is 2.24. The van der Waals surface area contributed by atoms with Gasteiger partial charge in [0, 0.05) is 23.8 Å². The van der Waals surface area contributed by atoms with E-state index in [1.807, 2.05) is 0 Å². The zero-order valence-corrected chi connectivity index (χ0v) is 12.3. The number of nitrogens with zero attached hydrogens (tertiary/aromatic N) is 1. The molecule has 2 rings (SSSR count). The van der Waals surface area contributed by atoms with E-state index in [1.165, 1.54) is 10.6 Å². The zero-order chi connectivity index (χ0) is 13.8. The normalized spacial score (nSPS) is 22.4. The Labute approximate surface area is 119 Å². The molecule has 19 heavy (non-hydrogen) atoms. The predicted octanol–water partition coefficient (Wildman–Crippen LogP) is 1.72. The lowest BCUT2D eigenvalue weighted by Gasteiger charge is -2.18. The summed E-state index contributed by atoms with van der Waals surface area (Å²) in [5, 5.41) is 0. The van der Waals surface area contributed by atoms with Gasteiger partial charge in [-0.3, -0.25) is 9.59 Å². The summed E-state index contributed by atoms with van der Waals surface area (Å²) in [6, 6.07) is 3.05. The van der Waals surface area contributed by atoms with Crippen molar-refractivity contribution in [3.8, 4) is 0 Å². The van der Waals surface area contributed by atoms with Crippen molar-refractivity contribution in [2.45, 2.75) is 38.0 Å². The van der Waals surface area contributed by atoms with Gasteiger partial charge in [-0.1, -0.05) is 0 Å². The van der Waals surface area contributed by atoms with Gasteiger partial charge in [-0.25, -0.2) is 0 Å². The molecule has 0 spiro atoms. The first kappa shape index (κ1) is 14.3. The fourth-order valence-corrected chi connectivity index (χ4v) is 2.65. The molecule has 0 saturated heterocycles. The molecule has 1 aromatic heterocycles. The first-order valence-corrected chi connectivity index (χ1v) is 6.97. The zero-order valence-electron chi connectivity index (χ0n) is 10.7. The van der Waals surface area contributed by atoms with Crippen LogP contribution in [0, 0.1) is 0 Å². The van der Waals surface area contributed by atoms with Crippen molar-refractivity contribution in [2.24, 2.45) is 0 Å². The fourth-order valence-electron chi connectivity index (χ4n) is 2.27. The molecule has 0 N–H and O–H groups in total. The molecule has 2 unspecified atom stereocenters. The maximum Gasteiger partial charge on any atom is 0.326 e. The molecular formula is C13H16BrNO4. The van der Waals surface area contributed by atoms with Gasteiger partial charge in [0.2, 0.25) is 0 Å². The van der Waals surface area contributed by atoms with Crippen LogP contribution < -0.4 is 5.56 Å². The fraction of sp³-hybridized carbons (Fsp3) is 0.538. The Balaban J connectivity index is 1.97. The molecule has 6 heteroatoms. The van der Waals surface area contributed by atoms with Gasteiger partial charge >= 0.3 is 5.97 Å². The Morgan fingerprint density at radius 1 is 1.42 bits per heavy atom. The summed E-state index contributed by atoms with van der Waals surface area (Å²) < 4.78 is 12.7. The van der Waals surface area contributed by atoms with Crippen LogP contribution in [0.25, 0.3) is 0 Å². The Hall–Kier alpha value is -1.14. The number of rotatable bonds is 4. The summed E-state index contributed by atoms with van der Waals surface area (Å²) >= 11 is 3.26. The van der Waals surface area contributed by atoms with Crippen molar-refractivity contribution in [3.63, 3.8) is 0 Å². The van der Waals surface area contributed by atoms with Crippen molar-refractivity contribution < 1.29 is 14.3 Å². The first-order chi connectivity index (χ1) is 9.10. The molecule has 0 radical (unpaired) electrons. The summed E-state index contributed by atoms with van der Waals surface area (Å²) in [4.78, 5) is 23.4. The molecule has 1 aliphatic rings. The monoisotopic (exact) mass is 329 g/mol. The van der Waals surface area contributed by atoms with E-state index in [0.717, 1.165) is 23.7 Å². The standard InChI is InChI=1S/C13H16BrNO4/c1-18-10-3-2-4-11(10)19-13(17)8-15-7-9(14)5-6-12(15)16/h5-7,10-11H,2-4,8H2,1H3. The van der Waals surface area contributed by atoms with Crippen LogP contribution in [0.1, 0.15) is 19.3 Å². The van der Waals surface area contributed by atoms with Gasteiger partial charge in [-0.05, 0) is 41.3 Å². The summed E-state index contributed by atoms with van der Waals surface area (Å²) in [5.74, 6) is -0.408. The van der Waals surface area contributed by atoms with E-state index < -0.39 is 5.97 Å². The number of ether oxygens (including phenoxy) is 2. The van der Waals surface area contributed by atoms with Crippen molar-refractivity contribution >= 4 is 21.9 Å². The molecule has 0 amide bonds. The first-order valence-electron chi connectivity index (χ1n) is 6.18. The van der Waals surface area contributed by atoms with Crippen LogP contribution >= 0.6 is 15.9 Å². The average molecular weight is 330 g/mol. The summed E-state index contributed by atoms with van der Waals surface area (Å²) in [7, 11) is 1.62. The minimum Gasteiger partial charge on any atom is -0.458 e. The molecule has 1 aromatic rings. The predicted molar refractivity (Wildman–Crippen MR) is 72.9 cm³/mol. The lowest BCUT2D eigenvalue weighted by atomic mass is 10.2. The maximum atomic E-state index is 11.8. The van der Waals surface area contributed by atoms with E-state index in [2.05, 4.69) is 15.9 Å². The van der Waals surface area contributed by atoms with Gasteiger partial charge in [0.25, 0.3) is 5.56 Å². The topological polar surface area (TPSA) is 57.5 Å². The van der Waals surface area contributed by atoms with Crippen LogP contribution in [0.5, 0.6) is 0 Å². The number of carbonyl (C=O) groups is 1. The van der Waals surface area contributed by atoms with Crippen molar-refractivity contribution in [1.29, 1.82) is 0 Å². The number of hydrogen-bond acceptors (Lipinski definition) is 4. The third-order valence-corrected chi connectivity index (χ3v) is 3.69. The van der Waals surface area contributed by atoms with Crippen molar-refractivity contribution in [1.82, 2.24) is 4.57 Å². The number of carbonyl (C=O) groups excluding carboxylic acids is 1. The van der Waals surface area contributed by atoms with Crippen LogP contribution in [0.3, 0.4) is 0 Å². The lowest BCUT2D eigenvalue weighted by molar-refractivity contribution is -0.155. The number of halogens is 1. The van der Waals surface area contributed by atoms with Gasteiger partial charge in [-0.15, -0.1) is 0 Å². The van der Waals surface area contributed by atoms with Crippen LogP contribution in [0.4, 0.5) is 0 Å². The molecule has 1 aliphatic carbocycles. The molecule has 1 heterocycles. The van der Waals surface area contributed by atoms with E-state index in [0.29, 0.717) is 0 Å². The van der Waals surface area contributed by atoms with E-state index in [1.54, 1.807) is 19.4 Å². The number of methoxy groups -OCH3 is 1. The second kappa shape index (κ2) is 6.34. The number of hydrogen-bond donors (Lipinski definition) is 0. The minimum atomic E-state index is -0.408. The van der Waals surface area contributed by atoms with Gasteiger partial charge in [0.15, 0.2) is 0 Å². The quantitative estimate of drug-likeness (QED) is 0.789. The van der Waals surface area contributed by atoms with Crippen LogP contribution in [0.2, 0.25) is 0 Å². The SMILES string of the molecule is COC1CCCC1OC(=O)Cn1cc(Br)ccc1=O. The van der Waals surface area contributed by atoms with Crippen LogP contribution in [-0.4, -0.2) is 29.9 Å². The molecule has 0 aliphatic heterocycles. The van der Waals surface area contributed by atoms with Crippen molar-refractivity contribution in [3.05, 3.63) is 33.2 Å². The second-order valence-electron chi connectivity index (χ2n) is 4.55. The lowest BCUT2D eigenvalue weighted by Crippen LogP contribution is -2.31. The molecule has 0 bridgehead atoms. The number of esters is 1. The van der Waals surface area contributed by atoms with Gasteiger partial charge in [-0.2, -0.15) is 0 Å². The second-order valence-corrected chi connectivity index (χ2v) is 5.46. The summed E-state index contributed by atoms with van der Waals surface area (Å²) in [6.07, 6.45) is 4.07. The summed E-state index contributed by atoms with van der Waals surface area (Å²) in [6.45, 7) is -0.0782. The molecule has 5 nitrogen and oxygen atoms in total. The van der Waals surface area contributed by atoms with E-state index in [9.17, 15) is 9.59 Å². The molecule has 1 saturated carbocycles. The molecule has 0 aromatic carbocycles. The average Bonchev–Trinajstić information content (AvgIpc) is 2.81. The van der Waals surface area contributed by atoms with E-state index in [4.69, 9.17) is 9.47 Å². The maximum absolute atomic E-state index is 11.8. The Morgan fingerprint density at radius 3 is 2.89 bits per heavy atom. The molecule has 104 valence electrons. The summed E-state index contributed by atoms with van der Waals surface area (Å²) in [5.41, 5.74) is -0.227. The number of aromatic nitrogens is 1. The molecule has 1 fully saturated rings. The highest BCUT2D eigenvalue weighted by atomic mass is 79.9. The molecule has 2 atom stereocenters.